The van der Waals surface area contributed by atoms with Gasteiger partial charge in [-0.3, -0.25) is 14.4 Å². The molecule has 1 saturated heterocycles. The first-order chi connectivity index (χ1) is 11.6. The van der Waals surface area contributed by atoms with Crippen molar-refractivity contribution in [1.29, 1.82) is 0 Å². The van der Waals surface area contributed by atoms with Crippen molar-refractivity contribution < 1.29 is 9.18 Å². The molecule has 1 aliphatic heterocycles. The molecule has 1 aromatic carbocycles. The fourth-order valence-corrected chi connectivity index (χ4v) is 3.43. The van der Waals surface area contributed by atoms with E-state index in [1.54, 1.807) is 19.2 Å². The van der Waals surface area contributed by atoms with E-state index in [1.165, 1.54) is 16.9 Å². The number of halogens is 2. The lowest BCUT2D eigenvalue weighted by Gasteiger charge is -2.28. The molecule has 0 saturated carbocycles. The number of carbonyl (C=O) groups is 1. The van der Waals surface area contributed by atoms with Crippen LogP contribution in [-0.2, 0) is 7.05 Å². The number of nitrogens with one attached hydrogen (secondary N) is 1. The highest BCUT2D eigenvalue weighted by atomic mass is 35.5. The highest BCUT2D eigenvalue weighted by Gasteiger charge is 2.26. The molecule has 0 spiro atoms. The van der Waals surface area contributed by atoms with Gasteiger partial charge < -0.3 is 5.32 Å². The van der Waals surface area contributed by atoms with Crippen molar-refractivity contribution >= 4 is 17.5 Å². The van der Waals surface area contributed by atoms with E-state index in [4.69, 9.17) is 11.6 Å². The predicted octanol–water partition coefficient (Wildman–Crippen LogP) is 2.78. The second-order valence-electron chi connectivity index (χ2n) is 5.96. The van der Waals surface area contributed by atoms with Crippen LogP contribution in [0.3, 0.4) is 0 Å². The van der Waals surface area contributed by atoms with Crippen molar-refractivity contribution in [3.63, 3.8) is 0 Å². The number of hydrogen-bond acceptors (Lipinski definition) is 3. The standard InChI is InChI=1S/C17H20ClFN4O/c1-22-16(13(18)10-21-22)17(24)20-11-15(23-8-4-5-9-23)12-6-2-3-7-14(12)19/h2-3,6-7,10,15H,4-5,8-9,11H2,1H3,(H,20,24). The van der Waals surface area contributed by atoms with Crippen molar-refractivity contribution in [2.75, 3.05) is 19.6 Å². The van der Waals surface area contributed by atoms with Crippen molar-refractivity contribution in [3.05, 3.63) is 52.6 Å². The average Bonchev–Trinajstić information content (AvgIpc) is 3.19. The highest BCUT2D eigenvalue weighted by Crippen LogP contribution is 2.26. The van der Waals surface area contributed by atoms with Crippen molar-refractivity contribution in [1.82, 2.24) is 20.0 Å². The molecule has 0 radical (unpaired) electrons. The lowest BCUT2D eigenvalue weighted by molar-refractivity contribution is 0.0928. The zero-order valence-electron chi connectivity index (χ0n) is 13.5. The van der Waals surface area contributed by atoms with Crippen LogP contribution in [0, 0.1) is 5.82 Å². The Morgan fingerprint density at radius 1 is 1.38 bits per heavy atom. The lowest BCUT2D eigenvalue weighted by Crippen LogP contribution is -2.37. The number of rotatable bonds is 5. The second-order valence-corrected chi connectivity index (χ2v) is 6.36. The number of amides is 1. The van der Waals surface area contributed by atoms with Crippen LogP contribution in [0.25, 0.3) is 0 Å². The van der Waals surface area contributed by atoms with E-state index in [9.17, 15) is 9.18 Å². The quantitative estimate of drug-likeness (QED) is 0.902. The van der Waals surface area contributed by atoms with Crippen LogP contribution in [0.1, 0.15) is 34.9 Å². The molecular formula is C17H20ClFN4O. The minimum atomic E-state index is -0.305. The third-order valence-corrected chi connectivity index (χ3v) is 4.69. The predicted molar refractivity (Wildman–Crippen MR) is 90.5 cm³/mol. The largest absolute Gasteiger partial charge is 0.349 e. The number of aryl methyl sites for hydroxylation is 1. The van der Waals surface area contributed by atoms with Gasteiger partial charge in [-0.25, -0.2) is 4.39 Å². The van der Waals surface area contributed by atoms with Crippen LogP contribution in [0.2, 0.25) is 5.02 Å². The number of carbonyl (C=O) groups excluding carboxylic acids is 1. The third-order valence-electron chi connectivity index (χ3n) is 4.41. The maximum Gasteiger partial charge on any atom is 0.271 e. The van der Waals surface area contributed by atoms with Gasteiger partial charge in [-0.2, -0.15) is 5.10 Å². The normalized spacial score (nSPS) is 16.3. The molecule has 1 amide bonds. The zero-order chi connectivity index (χ0) is 17.1. The van der Waals surface area contributed by atoms with Gasteiger partial charge >= 0.3 is 0 Å². The van der Waals surface area contributed by atoms with Gasteiger partial charge in [0.1, 0.15) is 11.5 Å². The molecule has 3 rings (SSSR count). The number of aromatic nitrogens is 2. The van der Waals surface area contributed by atoms with E-state index in [0.29, 0.717) is 22.8 Å². The SMILES string of the molecule is Cn1ncc(Cl)c1C(=O)NCC(c1ccccc1F)N1CCCC1. The Balaban J connectivity index is 1.77. The van der Waals surface area contributed by atoms with Gasteiger partial charge in [-0.1, -0.05) is 29.8 Å². The van der Waals surface area contributed by atoms with Crippen molar-refractivity contribution in [3.8, 4) is 0 Å². The number of likely N-dealkylation sites (tertiary alicyclic amines) is 1. The molecule has 1 N–H and O–H groups in total. The summed E-state index contributed by atoms with van der Waals surface area (Å²) in [7, 11) is 1.66. The van der Waals surface area contributed by atoms with Crippen LogP contribution in [0.5, 0.6) is 0 Å². The van der Waals surface area contributed by atoms with Crippen molar-refractivity contribution in [2.24, 2.45) is 7.05 Å². The van der Waals surface area contributed by atoms with Gasteiger partial charge in [0.2, 0.25) is 0 Å². The maximum atomic E-state index is 14.2. The van der Waals surface area contributed by atoms with Crippen LogP contribution in [0.4, 0.5) is 4.39 Å². The van der Waals surface area contributed by atoms with Crippen LogP contribution < -0.4 is 5.32 Å². The zero-order valence-corrected chi connectivity index (χ0v) is 14.3. The Bertz CT molecular complexity index is 708. The van der Waals surface area contributed by atoms with Crippen LogP contribution in [-0.4, -0.2) is 40.2 Å². The summed E-state index contributed by atoms with van der Waals surface area (Å²) in [5.74, 6) is -0.553. The van der Waals surface area contributed by atoms with Crippen LogP contribution in [0.15, 0.2) is 30.5 Å². The highest BCUT2D eigenvalue weighted by molar-refractivity contribution is 6.33. The lowest BCUT2D eigenvalue weighted by atomic mass is 10.0. The average molecular weight is 351 g/mol. The Kier molecular flexibility index (Phi) is 5.16. The molecular weight excluding hydrogens is 331 g/mol. The Hall–Kier alpha value is -1.92. The first-order valence-electron chi connectivity index (χ1n) is 8.02. The summed E-state index contributed by atoms with van der Waals surface area (Å²) in [5, 5.41) is 7.15. The molecule has 24 heavy (non-hydrogen) atoms. The molecule has 128 valence electrons. The van der Waals surface area contributed by atoms with Crippen LogP contribution >= 0.6 is 11.6 Å². The Labute approximate surface area is 145 Å². The smallest absolute Gasteiger partial charge is 0.271 e. The number of nitrogens with zero attached hydrogens (tertiary/aromatic N) is 3. The maximum absolute atomic E-state index is 14.2. The minimum absolute atomic E-state index is 0.190. The topological polar surface area (TPSA) is 50.2 Å². The van der Waals surface area contributed by atoms with Gasteiger partial charge in [0, 0.05) is 19.2 Å². The molecule has 0 aliphatic carbocycles. The van der Waals surface area contributed by atoms with Crippen molar-refractivity contribution in [2.45, 2.75) is 18.9 Å². The fourth-order valence-electron chi connectivity index (χ4n) is 3.17. The van der Waals surface area contributed by atoms with Gasteiger partial charge in [-0.15, -0.1) is 0 Å². The van der Waals surface area contributed by atoms with Gasteiger partial charge in [-0.05, 0) is 32.0 Å². The summed E-state index contributed by atoms with van der Waals surface area (Å²) in [5.41, 5.74) is 0.918. The van der Waals surface area contributed by atoms with E-state index in [0.717, 1.165) is 25.9 Å². The molecule has 1 aromatic heterocycles. The fraction of sp³-hybridized carbons (Fsp3) is 0.412. The van der Waals surface area contributed by atoms with E-state index < -0.39 is 0 Å². The summed E-state index contributed by atoms with van der Waals surface area (Å²) in [6.07, 6.45) is 3.62. The van der Waals surface area contributed by atoms with Gasteiger partial charge in [0.05, 0.1) is 17.3 Å². The minimum Gasteiger partial charge on any atom is -0.349 e. The molecule has 1 atom stereocenters. The summed E-state index contributed by atoms with van der Waals surface area (Å²) < 4.78 is 15.7. The Morgan fingerprint density at radius 2 is 2.08 bits per heavy atom. The van der Waals surface area contributed by atoms with E-state index in [1.807, 2.05) is 6.07 Å². The number of hydrogen-bond donors (Lipinski definition) is 1. The number of benzene rings is 1. The molecule has 0 bridgehead atoms. The molecule has 1 unspecified atom stereocenters. The van der Waals surface area contributed by atoms with E-state index in [2.05, 4.69) is 15.3 Å². The summed E-state index contributed by atoms with van der Waals surface area (Å²) in [6, 6.07) is 6.54. The first kappa shape index (κ1) is 16.9. The molecule has 1 aliphatic rings. The molecule has 2 heterocycles. The molecule has 7 heteroatoms. The second kappa shape index (κ2) is 7.32. The molecule has 2 aromatic rings. The van der Waals surface area contributed by atoms with Gasteiger partial charge in [0.25, 0.3) is 5.91 Å². The monoisotopic (exact) mass is 350 g/mol. The van der Waals surface area contributed by atoms with Gasteiger partial charge in [0.15, 0.2) is 0 Å². The summed E-state index contributed by atoms with van der Waals surface area (Å²) >= 11 is 6.01. The molecule has 1 fully saturated rings. The van der Waals surface area contributed by atoms with E-state index in [-0.39, 0.29) is 17.8 Å². The first-order valence-corrected chi connectivity index (χ1v) is 8.40. The summed E-state index contributed by atoms with van der Waals surface area (Å²) in [4.78, 5) is 14.6. The van der Waals surface area contributed by atoms with E-state index >= 15 is 0 Å². The third kappa shape index (κ3) is 3.44. The summed E-state index contributed by atoms with van der Waals surface area (Å²) in [6.45, 7) is 2.13. The molecule has 5 nitrogen and oxygen atoms in total. The Morgan fingerprint density at radius 3 is 2.71 bits per heavy atom.